The fraction of sp³-hybridized carbons (Fsp3) is 0.562. The molecule has 1 atom stereocenters. The number of nitrogens with one attached hydrogen (secondary N) is 1. The van der Waals surface area contributed by atoms with Crippen molar-refractivity contribution in [2.75, 3.05) is 33.0 Å². The Morgan fingerprint density at radius 2 is 2.22 bits per heavy atom. The third kappa shape index (κ3) is 5.84. The van der Waals surface area contributed by atoms with E-state index in [0.717, 1.165) is 37.0 Å². The number of nitrogens with zero attached hydrogens (tertiary/aromatic N) is 1. The topological polar surface area (TPSA) is 75.7 Å². The minimum absolute atomic E-state index is 0.0716. The minimum Gasteiger partial charge on any atom is -0.497 e. The Kier molecular flexibility index (Phi) is 6.01. The first-order valence-corrected chi connectivity index (χ1v) is 9.62. The zero-order chi connectivity index (χ0) is 16.9. The summed E-state index contributed by atoms with van der Waals surface area (Å²) in [5, 5.41) is 0. The van der Waals surface area contributed by atoms with Crippen molar-refractivity contribution in [2.45, 2.75) is 19.3 Å². The predicted octanol–water partition coefficient (Wildman–Crippen LogP) is 1.03. The van der Waals surface area contributed by atoms with Crippen molar-refractivity contribution >= 4 is 15.9 Å². The summed E-state index contributed by atoms with van der Waals surface area (Å²) in [4.78, 5) is 14.3. The summed E-state index contributed by atoms with van der Waals surface area (Å²) < 4.78 is 30.1. The van der Waals surface area contributed by atoms with Crippen LogP contribution in [-0.2, 0) is 21.2 Å². The number of carbonyl (C=O) groups excluding carboxylic acids is 1. The van der Waals surface area contributed by atoms with Crippen molar-refractivity contribution in [3.63, 3.8) is 0 Å². The van der Waals surface area contributed by atoms with Gasteiger partial charge in [-0.15, -0.1) is 0 Å². The summed E-state index contributed by atoms with van der Waals surface area (Å²) in [6.45, 7) is 1.73. The second-order valence-electron chi connectivity index (χ2n) is 6.00. The molecule has 1 aromatic carbocycles. The zero-order valence-corrected chi connectivity index (χ0v) is 14.4. The number of methoxy groups -OCH3 is 1. The SMILES string of the molecule is COc1cccc(CC(=O)N2CCC[C@H](CNS(C)(=O)=O)C2)c1. The van der Waals surface area contributed by atoms with E-state index in [1.807, 2.05) is 29.2 Å². The largest absolute Gasteiger partial charge is 0.497 e. The maximum Gasteiger partial charge on any atom is 0.227 e. The summed E-state index contributed by atoms with van der Waals surface area (Å²) in [7, 11) is -1.58. The molecule has 2 rings (SSSR count). The highest BCUT2D eigenvalue weighted by molar-refractivity contribution is 7.88. The molecule has 23 heavy (non-hydrogen) atoms. The fourth-order valence-electron chi connectivity index (χ4n) is 2.80. The van der Waals surface area contributed by atoms with Gasteiger partial charge in [-0.05, 0) is 36.5 Å². The van der Waals surface area contributed by atoms with Crippen LogP contribution in [0.15, 0.2) is 24.3 Å². The van der Waals surface area contributed by atoms with Gasteiger partial charge in [0, 0.05) is 19.6 Å². The lowest BCUT2D eigenvalue weighted by atomic mass is 9.97. The van der Waals surface area contributed by atoms with Crippen LogP contribution in [0.3, 0.4) is 0 Å². The molecule has 0 bridgehead atoms. The van der Waals surface area contributed by atoms with Gasteiger partial charge < -0.3 is 9.64 Å². The number of ether oxygens (including phenoxy) is 1. The van der Waals surface area contributed by atoms with Crippen LogP contribution >= 0.6 is 0 Å². The van der Waals surface area contributed by atoms with E-state index >= 15 is 0 Å². The lowest BCUT2D eigenvalue weighted by molar-refractivity contribution is -0.132. The van der Waals surface area contributed by atoms with Crippen LogP contribution in [0, 0.1) is 5.92 Å². The van der Waals surface area contributed by atoms with Gasteiger partial charge in [-0.1, -0.05) is 12.1 Å². The van der Waals surface area contributed by atoms with E-state index in [2.05, 4.69) is 4.72 Å². The molecule has 0 aliphatic carbocycles. The van der Waals surface area contributed by atoms with E-state index in [1.54, 1.807) is 7.11 Å². The number of hydrogen-bond acceptors (Lipinski definition) is 4. The molecular formula is C16H24N2O4S. The number of carbonyl (C=O) groups is 1. The Labute approximate surface area is 137 Å². The molecule has 0 aromatic heterocycles. The normalized spacial score (nSPS) is 18.7. The van der Waals surface area contributed by atoms with Crippen LogP contribution in [0.4, 0.5) is 0 Å². The van der Waals surface area contributed by atoms with Gasteiger partial charge in [-0.2, -0.15) is 0 Å². The van der Waals surface area contributed by atoms with Gasteiger partial charge in [-0.3, -0.25) is 4.79 Å². The molecular weight excluding hydrogens is 316 g/mol. The first-order valence-electron chi connectivity index (χ1n) is 7.73. The van der Waals surface area contributed by atoms with Crippen LogP contribution in [-0.4, -0.2) is 52.2 Å². The number of amides is 1. The first kappa shape index (κ1) is 17.7. The average molecular weight is 340 g/mol. The van der Waals surface area contributed by atoms with E-state index in [1.165, 1.54) is 0 Å². The molecule has 7 heteroatoms. The summed E-state index contributed by atoms with van der Waals surface area (Å²) in [6, 6.07) is 7.50. The molecule has 1 aliphatic rings. The maximum absolute atomic E-state index is 12.5. The average Bonchev–Trinajstić information content (AvgIpc) is 2.53. The van der Waals surface area contributed by atoms with E-state index < -0.39 is 10.0 Å². The first-order chi connectivity index (χ1) is 10.9. The van der Waals surface area contributed by atoms with Gasteiger partial charge in [0.05, 0.1) is 19.8 Å². The van der Waals surface area contributed by atoms with Gasteiger partial charge in [0.15, 0.2) is 0 Å². The number of piperidine rings is 1. The van der Waals surface area contributed by atoms with Crippen molar-refractivity contribution in [3.8, 4) is 5.75 Å². The fourth-order valence-corrected chi connectivity index (χ4v) is 3.33. The number of hydrogen-bond donors (Lipinski definition) is 1. The number of likely N-dealkylation sites (tertiary alicyclic amines) is 1. The van der Waals surface area contributed by atoms with Gasteiger partial charge in [0.25, 0.3) is 0 Å². The van der Waals surface area contributed by atoms with Crippen molar-refractivity contribution < 1.29 is 17.9 Å². The number of rotatable bonds is 6. The van der Waals surface area contributed by atoms with Crippen LogP contribution in [0.2, 0.25) is 0 Å². The Hall–Kier alpha value is -1.60. The van der Waals surface area contributed by atoms with Crippen molar-refractivity contribution in [1.82, 2.24) is 9.62 Å². The highest BCUT2D eigenvalue weighted by Crippen LogP contribution is 2.18. The van der Waals surface area contributed by atoms with Crippen LogP contribution in [0.5, 0.6) is 5.75 Å². The highest BCUT2D eigenvalue weighted by Gasteiger charge is 2.24. The van der Waals surface area contributed by atoms with Gasteiger partial charge >= 0.3 is 0 Å². The third-order valence-corrected chi connectivity index (χ3v) is 4.69. The molecule has 0 radical (unpaired) electrons. The predicted molar refractivity (Wildman–Crippen MR) is 88.8 cm³/mol. The molecule has 1 heterocycles. The molecule has 1 N–H and O–H groups in total. The molecule has 1 aliphatic heterocycles. The summed E-state index contributed by atoms with van der Waals surface area (Å²) in [5.41, 5.74) is 0.922. The molecule has 0 spiro atoms. The van der Waals surface area contributed by atoms with E-state index in [0.29, 0.717) is 19.5 Å². The summed E-state index contributed by atoms with van der Waals surface area (Å²) >= 11 is 0. The van der Waals surface area contributed by atoms with Gasteiger partial charge in [0.2, 0.25) is 15.9 Å². The standard InChI is InChI=1S/C16H24N2O4S/c1-22-15-7-3-5-13(9-15)10-16(19)18-8-4-6-14(12-18)11-17-23(2,20)21/h3,5,7,9,14,17H,4,6,8,10-12H2,1-2H3/t14-/m1/s1. The lowest BCUT2D eigenvalue weighted by Crippen LogP contribution is -2.44. The zero-order valence-electron chi connectivity index (χ0n) is 13.6. The maximum atomic E-state index is 12.5. The molecule has 1 amide bonds. The Bertz CT molecular complexity index is 645. The van der Waals surface area contributed by atoms with E-state index in [-0.39, 0.29) is 11.8 Å². The molecule has 0 unspecified atom stereocenters. The Balaban J connectivity index is 1.91. The van der Waals surface area contributed by atoms with Crippen LogP contribution in [0.1, 0.15) is 18.4 Å². The number of sulfonamides is 1. The van der Waals surface area contributed by atoms with Crippen LogP contribution in [0.25, 0.3) is 0 Å². The molecule has 6 nitrogen and oxygen atoms in total. The monoisotopic (exact) mass is 340 g/mol. The highest BCUT2D eigenvalue weighted by atomic mass is 32.2. The Morgan fingerprint density at radius 1 is 1.43 bits per heavy atom. The van der Waals surface area contributed by atoms with Crippen LogP contribution < -0.4 is 9.46 Å². The minimum atomic E-state index is -3.18. The summed E-state index contributed by atoms with van der Waals surface area (Å²) in [5.74, 6) is 0.985. The summed E-state index contributed by atoms with van der Waals surface area (Å²) in [6.07, 6.45) is 3.33. The quantitative estimate of drug-likeness (QED) is 0.839. The van der Waals surface area contributed by atoms with Gasteiger partial charge in [0.1, 0.15) is 5.75 Å². The molecule has 0 saturated carbocycles. The molecule has 1 aromatic rings. The lowest BCUT2D eigenvalue weighted by Gasteiger charge is -2.33. The Morgan fingerprint density at radius 3 is 2.91 bits per heavy atom. The second kappa shape index (κ2) is 7.79. The van der Waals surface area contributed by atoms with Crippen molar-refractivity contribution in [3.05, 3.63) is 29.8 Å². The van der Waals surface area contributed by atoms with Crippen molar-refractivity contribution in [2.24, 2.45) is 5.92 Å². The second-order valence-corrected chi connectivity index (χ2v) is 7.83. The molecule has 128 valence electrons. The smallest absolute Gasteiger partial charge is 0.227 e. The van der Waals surface area contributed by atoms with Gasteiger partial charge in [-0.25, -0.2) is 13.1 Å². The number of benzene rings is 1. The van der Waals surface area contributed by atoms with E-state index in [4.69, 9.17) is 4.74 Å². The third-order valence-electron chi connectivity index (χ3n) is 4.00. The molecule has 1 fully saturated rings. The van der Waals surface area contributed by atoms with E-state index in [9.17, 15) is 13.2 Å². The molecule has 1 saturated heterocycles. The van der Waals surface area contributed by atoms with Crippen molar-refractivity contribution in [1.29, 1.82) is 0 Å².